The molecule has 0 bridgehead atoms. The summed E-state index contributed by atoms with van der Waals surface area (Å²) in [5.74, 6) is 0.704. The minimum absolute atomic E-state index is 0. The van der Waals surface area contributed by atoms with Crippen molar-refractivity contribution in [1.29, 1.82) is 0 Å². The van der Waals surface area contributed by atoms with Crippen molar-refractivity contribution in [3.8, 4) is 0 Å². The summed E-state index contributed by atoms with van der Waals surface area (Å²) in [6, 6.07) is 0. The Hall–Kier alpha value is -0.0900. The van der Waals surface area contributed by atoms with E-state index in [0.717, 1.165) is 13.0 Å². The maximum absolute atomic E-state index is 11.9. The number of nitrogens with one attached hydrogen (secondary N) is 2. The van der Waals surface area contributed by atoms with E-state index in [1.54, 1.807) is 34.9 Å². The lowest BCUT2D eigenvalue weighted by molar-refractivity contribution is 0.195. The van der Waals surface area contributed by atoms with Crippen molar-refractivity contribution in [2.24, 2.45) is 4.99 Å². The summed E-state index contributed by atoms with van der Waals surface area (Å²) in [6.45, 7) is 6.89. The fourth-order valence-corrected chi connectivity index (χ4v) is 2.24. The molecular weight excluding hydrogens is 393 g/mol. The summed E-state index contributed by atoms with van der Waals surface area (Å²) in [7, 11) is 0.218. The molecule has 0 atom stereocenters. The van der Waals surface area contributed by atoms with Gasteiger partial charge in [-0.3, -0.25) is 4.99 Å². The molecule has 0 fully saturated rings. The monoisotopic (exact) mass is 421 g/mol. The first-order chi connectivity index (χ1) is 8.74. The molecule has 0 unspecified atom stereocenters. The Kier molecular flexibility index (Phi) is 11.8. The van der Waals surface area contributed by atoms with Crippen molar-refractivity contribution in [2.75, 3.05) is 39.6 Å². The van der Waals surface area contributed by atoms with Crippen molar-refractivity contribution >= 4 is 39.8 Å². The Bertz CT molecular complexity index is 378. The summed E-state index contributed by atoms with van der Waals surface area (Å²) >= 11 is 0. The zero-order chi connectivity index (χ0) is 14.9. The van der Waals surface area contributed by atoms with Crippen LogP contribution in [-0.2, 0) is 14.6 Å². The zero-order valence-electron chi connectivity index (χ0n) is 13.0. The van der Waals surface area contributed by atoms with Gasteiger partial charge in [-0.15, -0.1) is 24.0 Å². The highest BCUT2D eigenvalue weighted by Gasteiger charge is 2.28. The van der Waals surface area contributed by atoms with Gasteiger partial charge in [-0.2, -0.15) is 0 Å². The van der Waals surface area contributed by atoms with E-state index in [1.807, 2.05) is 0 Å². The van der Waals surface area contributed by atoms with Crippen LogP contribution in [0.5, 0.6) is 0 Å². The molecule has 0 rings (SSSR count). The smallest absolute Gasteiger partial charge is 0.191 e. The van der Waals surface area contributed by atoms with Gasteiger partial charge in [0.05, 0.1) is 10.5 Å². The molecule has 0 radical (unpaired) electrons. The lowest BCUT2D eigenvalue weighted by Crippen LogP contribution is -2.42. The van der Waals surface area contributed by atoms with Crippen LogP contribution in [0, 0.1) is 0 Å². The maximum Gasteiger partial charge on any atom is 0.191 e. The number of halogens is 1. The first-order valence-electron chi connectivity index (χ1n) is 6.40. The van der Waals surface area contributed by atoms with Gasteiger partial charge in [-0.25, -0.2) is 8.42 Å². The molecule has 0 heterocycles. The van der Waals surface area contributed by atoms with Gasteiger partial charge in [-0.05, 0) is 27.2 Å². The molecule has 2 N–H and O–H groups in total. The number of hydrogen-bond donors (Lipinski definition) is 2. The van der Waals surface area contributed by atoms with E-state index in [2.05, 4.69) is 15.6 Å². The van der Waals surface area contributed by atoms with E-state index in [0.29, 0.717) is 19.1 Å². The molecule has 0 saturated heterocycles. The second-order valence-corrected chi connectivity index (χ2v) is 8.07. The molecule has 0 aromatic heterocycles. The number of nitrogens with zero attached hydrogens (tertiary/aromatic N) is 1. The fraction of sp³-hybridized carbons (Fsp3) is 0.917. The highest BCUT2D eigenvalue weighted by molar-refractivity contribution is 14.0. The zero-order valence-corrected chi connectivity index (χ0v) is 16.2. The number of sulfone groups is 1. The summed E-state index contributed by atoms with van der Waals surface area (Å²) in [5, 5.41) is 6.09. The van der Waals surface area contributed by atoms with E-state index in [-0.39, 0.29) is 29.7 Å². The van der Waals surface area contributed by atoms with Crippen LogP contribution in [0.1, 0.15) is 27.2 Å². The Balaban J connectivity index is 0. The molecule has 6 nitrogen and oxygen atoms in total. The van der Waals surface area contributed by atoms with Gasteiger partial charge in [0.1, 0.15) is 0 Å². The van der Waals surface area contributed by atoms with Gasteiger partial charge >= 0.3 is 0 Å². The summed E-state index contributed by atoms with van der Waals surface area (Å²) < 4.78 is 28.0. The third-order valence-electron chi connectivity index (χ3n) is 2.64. The summed E-state index contributed by atoms with van der Waals surface area (Å²) in [5.41, 5.74) is 0. The SMILES string of the molecule is CN=C(NCCCOC)NCCS(=O)(=O)C(C)(C)C.I. The number of aliphatic imine (C=N–C) groups is 1. The lowest BCUT2D eigenvalue weighted by Gasteiger charge is -2.19. The van der Waals surface area contributed by atoms with Gasteiger partial charge in [-0.1, -0.05) is 0 Å². The minimum atomic E-state index is -3.10. The van der Waals surface area contributed by atoms with E-state index in [4.69, 9.17) is 4.74 Å². The first kappa shape index (κ1) is 22.2. The summed E-state index contributed by atoms with van der Waals surface area (Å²) in [4.78, 5) is 4.03. The Morgan fingerprint density at radius 3 is 2.20 bits per heavy atom. The third-order valence-corrected chi connectivity index (χ3v) is 5.25. The van der Waals surface area contributed by atoms with Crippen molar-refractivity contribution in [1.82, 2.24) is 10.6 Å². The lowest BCUT2D eigenvalue weighted by atomic mass is 10.3. The number of rotatable bonds is 7. The second kappa shape index (κ2) is 10.6. The van der Waals surface area contributed by atoms with Crippen LogP contribution in [0.3, 0.4) is 0 Å². The van der Waals surface area contributed by atoms with Crippen LogP contribution in [0.2, 0.25) is 0 Å². The van der Waals surface area contributed by atoms with Crippen molar-refractivity contribution in [3.63, 3.8) is 0 Å². The predicted molar refractivity (Wildman–Crippen MR) is 94.8 cm³/mol. The summed E-state index contributed by atoms with van der Waals surface area (Å²) in [6.07, 6.45) is 0.873. The van der Waals surface area contributed by atoms with Gasteiger partial charge < -0.3 is 15.4 Å². The van der Waals surface area contributed by atoms with E-state index < -0.39 is 14.6 Å². The van der Waals surface area contributed by atoms with Crippen LogP contribution in [-0.4, -0.2) is 58.7 Å². The standard InChI is InChI=1S/C12H27N3O3S.HI/c1-12(2,3)19(16,17)10-8-15-11(13-4)14-7-6-9-18-5;/h6-10H2,1-5H3,(H2,13,14,15);1H. The minimum Gasteiger partial charge on any atom is -0.385 e. The van der Waals surface area contributed by atoms with E-state index >= 15 is 0 Å². The van der Waals surface area contributed by atoms with Crippen LogP contribution >= 0.6 is 24.0 Å². The molecule has 0 aliphatic rings. The van der Waals surface area contributed by atoms with Crippen molar-refractivity contribution < 1.29 is 13.2 Å². The quantitative estimate of drug-likeness (QED) is 0.278. The average Bonchev–Trinajstić information content (AvgIpc) is 2.30. The predicted octanol–water partition coefficient (Wildman–Crippen LogP) is 1.02. The van der Waals surface area contributed by atoms with Crippen LogP contribution in [0.4, 0.5) is 0 Å². The van der Waals surface area contributed by atoms with Gasteiger partial charge in [0.2, 0.25) is 0 Å². The van der Waals surface area contributed by atoms with Gasteiger partial charge in [0, 0.05) is 33.9 Å². The van der Waals surface area contributed by atoms with Crippen LogP contribution in [0.25, 0.3) is 0 Å². The van der Waals surface area contributed by atoms with E-state index in [9.17, 15) is 8.42 Å². The number of hydrogen-bond acceptors (Lipinski definition) is 4. The number of ether oxygens (including phenoxy) is 1. The topological polar surface area (TPSA) is 79.8 Å². The molecule has 0 aliphatic carbocycles. The highest BCUT2D eigenvalue weighted by atomic mass is 127. The first-order valence-corrected chi connectivity index (χ1v) is 8.05. The molecule has 0 aliphatic heterocycles. The normalized spacial score (nSPS) is 12.8. The molecule has 0 amide bonds. The molecule has 8 heteroatoms. The maximum atomic E-state index is 11.9. The molecule has 20 heavy (non-hydrogen) atoms. The van der Waals surface area contributed by atoms with Crippen molar-refractivity contribution in [3.05, 3.63) is 0 Å². The molecule has 0 aromatic rings. The van der Waals surface area contributed by atoms with E-state index in [1.165, 1.54) is 0 Å². The average molecular weight is 421 g/mol. The fourth-order valence-electron chi connectivity index (χ4n) is 1.25. The molecule has 0 saturated carbocycles. The molecule has 122 valence electrons. The second-order valence-electron chi connectivity index (χ2n) is 5.20. The highest BCUT2D eigenvalue weighted by Crippen LogP contribution is 2.14. The Morgan fingerprint density at radius 1 is 1.20 bits per heavy atom. The number of guanidine groups is 1. The molecule has 0 spiro atoms. The van der Waals surface area contributed by atoms with Gasteiger partial charge in [0.15, 0.2) is 15.8 Å². The third kappa shape index (κ3) is 8.96. The van der Waals surface area contributed by atoms with Crippen molar-refractivity contribution in [2.45, 2.75) is 31.9 Å². The Labute approximate surface area is 140 Å². The number of methoxy groups -OCH3 is 1. The van der Waals surface area contributed by atoms with Crippen LogP contribution in [0.15, 0.2) is 4.99 Å². The molecular formula is C12H28IN3O3S. The molecule has 0 aromatic carbocycles. The largest absolute Gasteiger partial charge is 0.385 e. The Morgan fingerprint density at radius 2 is 1.75 bits per heavy atom. The van der Waals surface area contributed by atoms with Crippen LogP contribution < -0.4 is 10.6 Å². The van der Waals surface area contributed by atoms with Gasteiger partial charge in [0.25, 0.3) is 0 Å².